The van der Waals surface area contributed by atoms with Gasteiger partial charge in [0.1, 0.15) is 5.75 Å². The summed E-state index contributed by atoms with van der Waals surface area (Å²) in [7, 11) is -3.80. The van der Waals surface area contributed by atoms with Gasteiger partial charge in [0.05, 0.1) is 25.0 Å². The summed E-state index contributed by atoms with van der Waals surface area (Å²) in [5.74, 6) is 0.0396. The molecule has 0 spiro atoms. The standard InChI is InChI=1S/C19H19NO5S/c21-19(25-18-11-5-2-6-12-18)20-17(10-7-13-26(20,22)23)15-24-14-16-8-3-1-4-9-16/h1-12,17H,13-15H2/t17-/m1/s1. The third kappa shape index (κ3) is 4.50. The second kappa shape index (κ2) is 8.16. The smallest absolute Gasteiger partial charge is 0.409 e. The van der Waals surface area contributed by atoms with Gasteiger partial charge in [-0.1, -0.05) is 60.7 Å². The molecule has 26 heavy (non-hydrogen) atoms. The fourth-order valence-corrected chi connectivity index (χ4v) is 3.90. The van der Waals surface area contributed by atoms with Gasteiger partial charge in [0.15, 0.2) is 0 Å². The summed E-state index contributed by atoms with van der Waals surface area (Å²) in [6.45, 7) is 0.376. The van der Waals surface area contributed by atoms with E-state index in [1.807, 2.05) is 30.3 Å². The molecule has 1 aliphatic rings. The molecule has 0 N–H and O–H groups in total. The highest BCUT2D eigenvalue weighted by molar-refractivity contribution is 7.89. The summed E-state index contributed by atoms with van der Waals surface area (Å²) in [5, 5.41) is 0. The lowest BCUT2D eigenvalue weighted by molar-refractivity contribution is 0.0880. The van der Waals surface area contributed by atoms with Gasteiger partial charge in [0, 0.05) is 0 Å². The maximum Gasteiger partial charge on any atom is 0.429 e. The second-order valence-electron chi connectivity index (χ2n) is 5.75. The van der Waals surface area contributed by atoms with E-state index >= 15 is 0 Å². The van der Waals surface area contributed by atoms with E-state index in [0.29, 0.717) is 6.61 Å². The maximum atomic E-state index is 12.5. The molecule has 0 aromatic heterocycles. The molecule has 0 unspecified atom stereocenters. The van der Waals surface area contributed by atoms with Crippen molar-refractivity contribution in [1.82, 2.24) is 4.31 Å². The van der Waals surface area contributed by atoms with Crippen molar-refractivity contribution in [3.8, 4) is 5.75 Å². The first-order chi connectivity index (χ1) is 12.6. The Morgan fingerprint density at radius 1 is 1.04 bits per heavy atom. The van der Waals surface area contributed by atoms with Crippen molar-refractivity contribution in [2.45, 2.75) is 12.6 Å². The van der Waals surface area contributed by atoms with E-state index < -0.39 is 22.2 Å². The molecular weight excluding hydrogens is 354 g/mol. The second-order valence-corrected chi connectivity index (χ2v) is 7.64. The van der Waals surface area contributed by atoms with Crippen LogP contribution >= 0.6 is 0 Å². The fraction of sp³-hybridized carbons (Fsp3) is 0.211. The molecule has 0 saturated carbocycles. The van der Waals surface area contributed by atoms with Gasteiger partial charge in [-0.25, -0.2) is 13.2 Å². The number of nitrogens with zero attached hydrogens (tertiary/aromatic N) is 1. The van der Waals surface area contributed by atoms with E-state index in [0.717, 1.165) is 9.87 Å². The topological polar surface area (TPSA) is 72.9 Å². The molecule has 0 saturated heterocycles. The lowest BCUT2D eigenvalue weighted by atomic mass is 10.2. The van der Waals surface area contributed by atoms with E-state index in [2.05, 4.69) is 0 Å². The zero-order chi connectivity index (χ0) is 18.4. The van der Waals surface area contributed by atoms with Crippen LogP contribution in [0.3, 0.4) is 0 Å². The van der Waals surface area contributed by atoms with E-state index in [9.17, 15) is 13.2 Å². The molecule has 7 heteroatoms. The first kappa shape index (κ1) is 18.2. The summed E-state index contributed by atoms with van der Waals surface area (Å²) < 4.78 is 36.3. The van der Waals surface area contributed by atoms with Crippen LogP contribution in [0.15, 0.2) is 72.8 Å². The Labute approximate surface area is 152 Å². The average molecular weight is 373 g/mol. The molecule has 0 radical (unpaired) electrons. The largest absolute Gasteiger partial charge is 0.429 e. The monoisotopic (exact) mass is 373 g/mol. The lowest BCUT2D eigenvalue weighted by Gasteiger charge is -2.30. The van der Waals surface area contributed by atoms with Gasteiger partial charge < -0.3 is 9.47 Å². The normalized spacial score (nSPS) is 18.5. The lowest BCUT2D eigenvalue weighted by Crippen LogP contribution is -2.49. The number of rotatable bonds is 5. The SMILES string of the molecule is O=C(Oc1ccccc1)N1[C@@H](COCc2ccccc2)C=CCS1(=O)=O. The number of ether oxygens (including phenoxy) is 2. The number of amides is 1. The van der Waals surface area contributed by atoms with E-state index in [1.165, 1.54) is 6.08 Å². The molecule has 2 aromatic rings. The zero-order valence-electron chi connectivity index (χ0n) is 14.0. The van der Waals surface area contributed by atoms with Crippen LogP contribution < -0.4 is 4.74 Å². The Morgan fingerprint density at radius 3 is 2.38 bits per heavy atom. The summed E-state index contributed by atoms with van der Waals surface area (Å²) >= 11 is 0. The van der Waals surface area contributed by atoms with Crippen LogP contribution in [0, 0.1) is 0 Å². The van der Waals surface area contributed by atoms with Crippen molar-refractivity contribution in [3.63, 3.8) is 0 Å². The number of benzene rings is 2. The van der Waals surface area contributed by atoms with Crippen LogP contribution in [-0.4, -0.2) is 37.2 Å². The molecule has 1 atom stereocenters. The van der Waals surface area contributed by atoms with Crippen molar-refractivity contribution in [2.75, 3.05) is 12.4 Å². The Balaban J connectivity index is 1.69. The molecule has 2 aromatic carbocycles. The number of hydrogen-bond donors (Lipinski definition) is 0. The average Bonchev–Trinajstić information content (AvgIpc) is 2.62. The first-order valence-corrected chi connectivity index (χ1v) is 9.74. The first-order valence-electron chi connectivity index (χ1n) is 8.13. The van der Waals surface area contributed by atoms with E-state index in [1.54, 1.807) is 36.4 Å². The molecule has 1 aliphatic heterocycles. The van der Waals surface area contributed by atoms with Crippen molar-refractivity contribution in [3.05, 3.63) is 78.4 Å². The Kier molecular flexibility index (Phi) is 5.70. The number of carbonyl (C=O) groups excluding carboxylic acids is 1. The third-order valence-corrected chi connectivity index (χ3v) is 5.43. The summed E-state index contributed by atoms with van der Waals surface area (Å²) in [6.07, 6.45) is 2.24. The number of hydrogen-bond acceptors (Lipinski definition) is 5. The minimum Gasteiger partial charge on any atom is -0.409 e. The van der Waals surface area contributed by atoms with Crippen LogP contribution in [0.4, 0.5) is 4.79 Å². The molecule has 1 heterocycles. The van der Waals surface area contributed by atoms with E-state index in [4.69, 9.17) is 9.47 Å². The molecule has 6 nitrogen and oxygen atoms in total. The van der Waals surface area contributed by atoms with Crippen molar-refractivity contribution >= 4 is 16.1 Å². The Bertz CT molecular complexity index is 865. The number of para-hydroxylation sites is 1. The number of sulfonamides is 1. The van der Waals surface area contributed by atoms with Gasteiger partial charge in [-0.15, -0.1) is 0 Å². The molecule has 0 bridgehead atoms. The predicted molar refractivity (Wildman–Crippen MR) is 97.1 cm³/mol. The summed E-state index contributed by atoms with van der Waals surface area (Å²) in [6, 6.07) is 17.1. The highest BCUT2D eigenvalue weighted by Gasteiger charge is 2.37. The molecule has 136 valence electrons. The van der Waals surface area contributed by atoms with Crippen LogP contribution in [0.5, 0.6) is 5.75 Å². The van der Waals surface area contributed by atoms with Gasteiger partial charge in [-0.2, -0.15) is 4.31 Å². The van der Waals surface area contributed by atoms with Crippen LogP contribution in [0.1, 0.15) is 5.56 Å². The van der Waals surface area contributed by atoms with Gasteiger partial charge in [-0.05, 0) is 17.7 Å². The minimum absolute atomic E-state index is 0.0501. The minimum atomic E-state index is -3.80. The number of carbonyl (C=O) groups is 1. The van der Waals surface area contributed by atoms with Crippen LogP contribution in [-0.2, 0) is 21.4 Å². The molecule has 1 amide bonds. The third-order valence-electron chi connectivity index (χ3n) is 3.79. The highest BCUT2D eigenvalue weighted by Crippen LogP contribution is 2.20. The molecular formula is C19H19NO5S. The molecule has 0 aliphatic carbocycles. The van der Waals surface area contributed by atoms with Crippen LogP contribution in [0.2, 0.25) is 0 Å². The van der Waals surface area contributed by atoms with Gasteiger partial charge in [0.2, 0.25) is 10.0 Å². The quantitative estimate of drug-likeness (QED) is 0.754. The maximum absolute atomic E-state index is 12.5. The Morgan fingerprint density at radius 2 is 1.69 bits per heavy atom. The summed E-state index contributed by atoms with van der Waals surface area (Å²) in [5.41, 5.74) is 0.966. The van der Waals surface area contributed by atoms with Crippen molar-refractivity contribution in [2.24, 2.45) is 0 Å². The highest BCUT2D eigenvalue weighted by atomic mass is 32.2. The predicted octanol–water partition coefficient (Wildman–Crippen LogP) is 2.97. The van der Waals surface area contributed by atoms with Crippen molar-refractivity contribution < 1.29 is 22.7 Å². The van der Waals surface area contributed by atoms with E-state index in [-0.39, 0.29) is 18.1 Å². The van der Waals surface area contributed by atoms with Gasteiger partial charge >= 0.3 is 6.09 Å². The van der Waals surface area contributed by atoms with Crippen molar-refractivity contribution in [1.29, 1.82) is 0 Å². The van der Waals surface area contributed by atoms with Gasteiger partial charge in [0.25, 0.3) is 0 Å². The molecule has 3 rings (SSSR count). The Hall–Kier alpha value is -2.64. The van der Waals surface area contributed by atoms with Gasteiger partial charge in [-0.3, -0.25) is 0 Å². The fourth-order valence-electron chi connectivity index (χ4n) is 2.58. The molecule has 0 fully saturated rings. The van der Waals surface area contributed by atoms with Crippen LogP contribution in [0.25, 0.3) is 0 Å². The zero-order valence-corrected chi connectivity index (χ0v) is 14.8. The summed E-state index contributed by atoms with van der Waals surface area (Å²) in [4.78, 5) is 12.5.